The number of sulfonamides is 1. The van der Waals surface area contributed by atoms with Crippen LogP contribution >= 0.6 is 11.6 Å². The number of aromatic nitrogens is 3. The van der Waals surface area contributed by atoms with E-state index in [1.165, 1.54) is 10.9 Å². The third-order valence-electron chi connectivity index (χ3n) is 2.99. The van der Waals surface area contributed by atoms with Gasteiger partial charge in [-0.05, 0) is 24.3 Å². The van der Waals surface area contributed by atoms with Crippen LogP contribution in [0.1, 0.15) is 5.82 Å². The highest BCUT2D eigenvalue weighted by Crippen LogP contribution is 2.23. The molecule has 9 heteroatoms. The van der Waals surface area contributed by atoms with Gasteiger partial charge in [0.15, 0.2) is 5.76 Å². The monoisotopic (exact) mass is 352 g/mol. The van der Waals surface area contributed by atoms with Gasteiger partial charge in [0.2, 0.25) is 15.8 Å². The van der Waals surface area contributed by atoms with Gasteiger partial charge in [-0.2, -0.15) is 0 Å². The Bertz CT molecular complexity index is 919. The summed E-state index contributed by atoms with van der Waals surface area (Å²) in [5.74, 6) is 1.23. The molecule has 0 saturated carbocycles. The molecule has 0 aliphatic heterocycles. The van der Waals surface area contributed by atoms with Gasteiger partial charge in [0.05, 0.1) is 29.8 Å². The number of hydrogen-bond acceptors (Lipinski definition) is 5. The number of furan rings is 1. The van der Waals surface area contributed by atoms with Gasteiger partial charge in [0.25, 0.3) is 0 Å². The van der Waals surface area contributed by atoms with Gasteiger partial charge in [0, 0.05) is 0 Å². The van der Waals surface area contributed by atoms with Gasteiger partial charge >= 0.3 is 0 Å². The molecule has 2 aromatic heterocycles. The summed E-state index contributed by atoms with van der Waals surface area (Å²) in [4.78, 5) is 4.35. The minimum atomic E-state index is -3.36. The van der Waals surface area contributed by atoms with Crippen LogP contribution in [0.15, 0.2) is 47.1 Å². The summed E-state index contributed by atoms with van der Waals surface area (Å²) in [7, 11) is -3.36. The van der Waals surface area contributed by atoms with E-state index < -0.39 is 10.0 Å². The summed E-state index contributed by atoms with van der Waals surface area (Å²) in [6, 6.07) is 10.5. The molecule has 0 bridgehead atoms. The molecular weight excluding hydrogens is 340 g/mol. The molecule has 1 N–H and O–H groups in total. The quantitative estimate of drug-likeness (QED) is 0.760. The lowest BCUT2D eigenvalue weighted by Gasteiger charge is -2.07. The zero-order valence-electron chi connectivity index (χ0n) is 12.1. The molecule has 0 radical (unpaired) electrons. The topological polar surface area (TPSA) is 90.0 Å². The average Bonchev–Trinajstić information content (AvgIpc) is 3.14. The second kappa shape index (κ2) is 6.15. The highest BCUT2D eigenvalue weighted by Gasteiger charge is 2.17. The molecule has 0 spiro atoms. The molecule has 0 amide bonds. The molecule has 0 unspecified atom stereocenters. The Kier molecular flexibility index (Phi) is 4.20. The molecule has 7 nitrogen and oxygen atoms in total. The van der Waals surface area contributed by atoms with Gasteiger partial charge in [-0.15, -0.1) is 5.10 Å². The van der Waals surface area contributed by atoms with Crippen molar-refractivity contribution >= 4 is 21.6 Å². The summed E-state index contributed by atoms with van der Waals surface area (Å²) in [6.45, 7) is -0.0161. The van der Waals surface area contributed by atoms with E-state index in [1.54, 1.807) is 30.3 Å². The molecule has 0 saturated heterocycles. The van der Waals surface area contributed by atoms with Gasteiger partial charge in [0.1, 0.15) is 5.82 Å². The highest BCUT2D eigenvalue weighted by atomic mass is 35.5. The minimum absolute atomic E-state index is 0.0161. The normalized spacial score (nSPS) is 11.7. The van der Waals surface area contributed by atoms with Crippen LogP contribution in [0.4, 0.5) is 0 Å². The van der Waals surface area contributed by atoms with E-state index in [4.69, 9.17) is 16.0 Å². The van der Waals surface area contributed by atoms with Crippen molar-refractivity contribution in [3.8, 4) is 17.3 Å². The summed E-state index contributed by atoms with van der Waals surface area (Å²) < 4.78 is 31.9. The third-order valence-corrected chi connectivity index (χ3v) is 3.98. The fraction of sp³-hybridized carbons (Fsp3) is 0.143. The fourth-order valence-corrected chi connectivity index (χ4v) is 2.59. The molecule has 3 rings (SSSR count). The van der Waals surface area contributed by atoms with E-state index in [1.807, 2.05) is 6.07 Å². The molecule has 120 valence electrons. The maximum Gasteiger partial charge on any atom is 0.217 e. The number of halogens is 1. The average molecular weight is 353 g/mol. The van der Waals surface area contributed by atoms with Crippen molar-refractivity contribution in [1.29, 1.82) is 0 Å². The molecule has 3 aromatic rings. The first-order valence-corrected chi connectivity index (χ1v) is 8.90. The van der Waals surface area contributed by atoms with Crippen LogP contribution in [-0.2, 0) is 16.6 Å². The summed E-state index contributed by atoms with van der Waals surface area (Å²) >= 11 is 6.20. The van der Waals surface area contributed by atoms with Crippen molar-refractivity contribution in [1.82, 2.24) is 19.5 Å². The largest absolute Gasteiger partial charge is 0.461 e. The van der Waals surface area contributed by atoms with Crippen LogP contribution in [0.3, 0.4) is 0 Å². The van der Waals surface area contributed by atoms with Crippen molar-refractivity contribution in [3.05, 3.63) is 53.5 Å². The van der Waals surface area contributed by atoms with Gasteiger partial charge in [-0.25, -0.2) is 22.8 Å². The molecular formula is C14H13ClN4O3S. The van der Waals surface area contributed by atoms with Crippen LogP contribution in [0.25, 0.3) is 17.3 Å². The zero-order chi connectivity index (χ0) is 16.4. The summed E-state index contributed by atoms with van der Waals surface area (Å²) in [6.07, 6.45) is 2.59. The van der Waals surface area contributed by atoms with Crippen molar-refractivity contribution in [3.63, 3.8) is 0 Å². The van der Waals surface area contributed by atoms with E-state index in [0.717, 1.165) is 6.26 Å². The second-order valence-corrected chi connectivity index (χ2v) is 7.03. The number of rotatable bonds is 5. The SMILES string of the molecule is CS(=O)(=O)NCc1nc(-c2ccco2)nn1-c1ccccc1Cl. The molecule has 23 heavy (non-hydrogen) atoms. The molecule has 0 fully saturated rings. The van der Waals surface area contributed by atoms with E-state index in [0.29, 0.717) is 28.1 Å². The van der Waals surface area contributed by atoms with Crippen molar-refractivity contribution in [2.24, 2.45) is 0 Å². The number of nitrogens with zero attached hydrogens (tertiary/aromatic N) is 3. The highest BCUT2D eigenvalue weighted by molar-refractivity contribution is 7.88. The predicted molar refractivity (Wildman–Crippen MR) is 85.8 cm³/mol. The van der Waals surface area contributed by atoms with Crippen LogP contribution in [0.2, 0.25) is 5.02 Å². The Hall–Kier alpha value is -2.16. The Labute approximate surface area is 138 Å². The Morgan fingerprint density at radius 1 is 1.26 bits per heavy atom. The fourth-order valence-electron chi connectivity index (χ4n) is 1.98. The van der Waals surface area contributed by atoms with Crippen molar-refractivity contribution in [2.45, 2.75) is 6.54 Å². The van der Waals surface area contributed by atoms with Crippen LogP contribution in [0, 0.1) is 0 Å². The molecule has 1 aromatic carbocycles. The predicted octanol–water partition coefficient (Wildman–Crippen LogP) is 2.23. The molecule has 0 aliphatic carbocycles. The van der Waals surface area contributed by atoms with E-state index in [-0.39, 0.29) is 6.54 Å². The van der Waals surface area contributed by atoms with E-state index in [9.17, 15) is 8.42 Å². The maximum absolute atomic E-state index is 11.3. The molecule has 0 atom stereocenters. The molecule has 0 aliphatic rings. The van der Waals surface area contributed by atoms with E-state index in [2.05, 4.69) is 14.8 Å². The van der Waals surface area contributed by atoms with Crippen LogP contribution in [0.5, 0.6) is 0 Å². The second-order valence-electron chi connectivity index (χ2n) is 4.79. The number of benzene rings is 1. The lowest BCUT2D eigenvalue weighted by molar-refractivity contribution is 0.577. The van der Waals surface area contributed by atoms with Crippen molar-refractivity contribution in [2.75, 3.05) is 6.26 Å². The maximum atomic E-state index is 11.3. The first-order chi connectivity index (χ1) is 10.9. The number of para-hydroxylation sites is 1. The summed E-state index contributed by atoms with van der Waals surface area (Å²) in [5.41, 5.74) is 0.602. The van der Waals surface area contributed by atoms with Gasteiger partial charge < -0.3 is 4.42 Å². The lowest BCUT2D eigenvalue weighted by atomic mass is 10.3. The standard InChI is InChI=1S/C14H13ClN4O3S/c1-23(20,21)16-9-13-17-14(12-7-4-8-22-12)18-19(13)11-6-3-2-5-10(11)15/h2-8,16H,9H2,1H3. The lowest BCUT2D eigenvalue weighted by Crippen LogP contribution is -2.23. The van der Waals surface area contributed by atoms with Gasteiger partial charge in [-0.1, -0.05) is 23.7 Å². The smallest absolute Gasteiger partial charge is 0.217 e. The Balaban J connectivity index is 2.07. The van der Waals surface area contributed by atoms with Crippen molar-refractivity contribution < 1.29 is 12.8 Å². The van der Waals surface area contributed by atoms with Crippen LogP contribution in [-0.4, -0.2) is 29.4 Å². The first kappa shape index (κ1) is 15.7. The zero-order valence-corrected chi connectivity index (χ0v) is 13.7. The first-order valence-electron chi connectivity index (χ1n) is 6.63. The van der Waals surface area contributed by atoms with Gasteiger partial charge in [-0.3, -0.25) is 0 Å². The Morgan fingerprint density at radius 2 is 2.04 bits per heavy atom. The number of hydrogen-bond donors (Lipinski definition) is 1. The third kappa shape index (κ3) is 3.61. The molecule has 2 heterocycles. The number of nitrogens with one attached hydrogen (secondary N) is 1. The Morgan fingerprint density at radius 3 is 2.70 bits per heavy atom. The summed E-state index contributed by atoms with van der Waals surface area (Å²) in [5, 5.41) is 4.85. The van der Waals surface area contributed by atoms with E-state index >= 15 is 0 Å². The van der Waals surface area contributed by atoms with Crippen LogP contribution < -0.4 is 4.72 Å². The minimum Gasteiger partial charge on any atom is -0.461 e.